The number of hydrogen-bond donors (Lipinski definition) is 0. The molecule has 0 aromatic carbocycles. The van der Waals surface area contributed by atoms with Crippen LogP contribution in [0.25, 0.3) is 0 Å². The van der Waals surface area contributed by atoms with Gasteiger partial charge in [-0.15, -0.1) is 0 Å². The average molecular weight is 296 g/mol. The van der Waals surface area contributed by atoms with Crippen molar-refractivity contribution in [3.05, 3.63) is 11.8 Å². The van der Waals surface area contributed by atoms with Crippen molar-refractivity contribution in [2.45, 2.75) is 32.3 Å². The molecule has 2 rings (SSSR count). The van der Waals surface area contributed by atoms with Crippen LogP contribution in [-0.4, -0.2) is 56.5 Å². The molecule has 118 valence electrons. The molecule has 0 bridgehead atoms. The molecule has 1 atom stereocenters. The van der Waals surface area contributed by atoms with Crippen LogP contribution in [0, 0.1) is 0 Å². The summed E-state index contributed by atoms with van der Waals surface area (Å²) >= 11 is 0. The maximum atomic E-state index is 13.0. The van der Waals surface area contributed by atoms with Crippen LogP contribution >= 0.6 is 0 Å². The summed E-state index contributed by atoms with van der Waals surface area (Å²) in [6, 6.07) is 2.01. The zero-order chi connectivity index (χ0) is 15.4. The second kappa shape index (κ2) is 7.02. The van der Waals surface area contributed by atoms with Gasteiger partial charge < -0.3 is 14.5 Å². The minimum Gasteiger partial charge on any atom is -0.374 e. The summed E-state index contributed by atoms with van der Waals surface area (Å²) in [5.74, 6) is 1.88. The fraction of sp³-hybridized carbons (Fsp3) is 0.733. The van der Waals surface area contributed by atoms with E-state index in [1.807, 2.05) is 25.1 Å². The number of ether oxygens (including phenoxy) is 1. The third kappa shape index (κ3) is 4.03. The van der Waals surface area contributed by atoms with Gasteiger partial charge in [-0.05, 0) is 12.3 Å². The van der Waals surface area contributed by atoms with E-state index in [4.69, 9.17) is 4.74 Å². The Hall–Kier alpha value is -1.43. The zero-order valence-electron chi connectivity index (χ0n) is 13.3. The van der Waals surface area contributed by atoms with Crippen molar-refractivity contribution >= 4 is 11.8 Å². The van der Waals surface area contributed by atoms with Gasteiger partial charge in [0.15, 0.2) is 0 Å². The van der Waals surface area contributed by atoms with Gasteiger partial charge in [0.2, 0.25) is 5.95 Å². The van der Waals surface area contributed by atoms with Gasteiger partial charge in [-0.25, -0.2) is 9.37 Å². The SMILES string of the molecule is CC(C)c1cc(N2CCCOC(CF)C2)nc(N(C)C)n1. The lowest BCUT2D eigenvalue weighted by Crippen LogP contribution is -2.34. The molecule has 1 aliphatic rings. The molecule has 1 fully saturated rings. The average Bonchev–Trinajstić information content (AvgIpc) is 2.72. The number of anilines is 2. The molecule has 0 saturated carbocycles. The molecular weight excluding hydrogens is 271 g/mol. The molecule has 0 spiro atoms. The van der Waals surface area contributed by atoms with Crippen LogP contribution in [0.3, 0.4) is 0 Å². The highest BCUT2D eigenvalue weighted by molar-refractivity contribution is 5.46. The molecule has 0 aliphatic carbocycles. The van der Waals surface area contributed by atoms with Gasteiger partial charge in [0.1, 0.15) is 18.6 Å². The van der Waals surface area contributed by atoms with Crippen molar-refractivity contribution in [1.82, 2.24) is 9.97 Å². The van der Waals surface area contributed by atoms with Crippen LogP contribution in [-0.2, 0) is 4.74 Å². The molecule has 0 amide bonds. The highest BCUT2D eigenvalue weighted by Gasteiger charge is 2.21. The molecular formula is C15H25FN4O. The third-order valence-electron chi connectivity index (χ3n) is 3.56. The monoisotopic (exact) mass is 296 g/mol. The highest BCUT2D eigenvalue weighted by atomic mass is 19.1. The van der Waals surface area contributed by atoms with E-state index in [0.717, 1.165) is 24.5 Å². The van der Waals surface area contributed by atoms with Crippen molar-refractivity contribution in [3.8, 4) is 0 Å². The minimum atomic E-state index is -0.459. The second-order valence-electron chi connectivity index (χ2n) is 5.95. The van der Waals surface area contributed by atoms with Gasteiger partial charge >= 0.3 is 0 Å². The predicted molar refractivity (Wildman–Crippen MR) is 83.0 cm³/mol. The molecule has 1 aromatic rings. The van der Waals surface area contributed by atoms with Gasteiger partial charge in [-0.2, -0.15) is 4.98 Å². The van der Waals surface area contributed by atoms with Crippen molar-refractivity contribution in [1.29, 1.82) is 0 Å². The second-order valence-corrected chi connectivity index (χ2v) is 5.95. The first-order chi connectivity index (χ1) is 10.0. The Bertz CT molecular complexity index is 441. The maximum absolute atomic E-state index is 13.0. The molecule has 1 unspecified atom stereocenters. The van der Waals surface area contributed by atoms with E-state index in [9.17, 15) is 4.39 Å². The van der Waals surface area contributed by atoms with Crippen LogP contribution in [0.5, 0.6) is 0 Å². The molecule has 1 aliphatic heterocycles. The van der Waals surface area contributed by atoms with E-state index >= 15 is 0 Å². The normalized spacial score (nSPS) is 19.7. The molecule has 0 N–H and O–H groups in total. The summed E-state index contributed by atoms with van der Waals surface area (Å²) in [4.78, 5) is 13.2. The number of alkyl halides is 1. The van der Waals surface area contributed by atoms with Crippen LogP contribution in [0.1, 0.15) is 31.9 Å². The third-order valence-corrected chi connectivity index (χ3v) is 3.56. The molecule has 5 nitrogen and oxygen atoms in total. The molecule has 1 saturated heterocycles. The Labute approximate surface area is 126 Å². The summed E-state index contributed by atoms with van der Waals surface area (Å²) in [5, 5.41) is 0. The van der Waals surface area contributed by atoms with E-state index in [1.54, 1.807) is 0 Å². The first-order valence-corrected chi connectivity index (χ1v) is 7.50. The van der Waals surface area contributed by atoms with Gasteiger partial charge in [-0.1, -0.05) is 13.8 Å². The summed E-state index contributed by atoms with van der Waals surface area (Å²) in [5.41, 5.74) is 1.01. The van der Waals surface area contributed by atoms with Gasteiger partial charge in [0.25, 0.3) is 0 Å². The lowest BCUT2D eigenvalue weighted by atomic mass is 10.1. The Balaban J connectivity index is 2.32. The van der Waals surface area contributed by atoms with E-state index in [1.165, 1.54) is 0 Å². The molecule has 0 radical (unpaired) electrons. The van der Waals surface area contributed by atoms with Gasteiger partial charge in [-0.3, -0.25) is 0 Å². The van der Waals surface area contributed by atoms with Gasteiger partial charge in [0.05, 0.1) is 5.69 Å². The van der Waals surface area contributed by atoms with E-state index in [2.05, 4.69) is 28.7 Å². The molecule has 6 heteroatoms. The van der Waals surface area contributed by atoms with E-state index < -0.39 is 6.67 Å². The quantitative estimate of drug-likeness (QED) is 0.852. The molecule has 2 heterocycles. The van der Waals surface area contributed by atoms with Crippen LogP contribution < -0.4 is 9.80 Å². The van der Waals surface area contributed by atoms with Crippen molar-refractivity contribution < 1.29 is 9.13 Å². The van der Waals surface area contributed by atoms with Crippen LogP contribution in [0.15, 0.2) is 6.07 Å². The van der Waals surface area contributed by atoms with Crippen molar-refractivity contribution in [2.24, 2.45) is 0 Å². The van der Waals surface area contributed by atoms with E-state index in [0.29, 0.717) is 25.0 Å². The number of aromatic nitrogens is 2. The van der Waals surface area contributed by atoms with Crippen molar-refractivity contribution in [2.75, 3.05) is 50.3 Å². The van der Waals surface area contributed by atoms with Gasteiger partial charge in [0, 0.05) is 39.9 Å². The smallest absolute Gasteiger partial charge is 0.227 e. The minimum absolute atomic E-state index is 0.325. The number of nitrogens with zero attached hydrogens (tertiary/aromatic N) is 4. The number of hydrogen-bond acceptors (Lipinski definition) is 5. The lowest BCUT2D eigenvalue weighted by molar-refractivity contribution is 0.0508. The number of rotatable bonds is 4. The Kier molecular flexibility index (Phi) is 5.33. The summed E-state index contributed by atoms with van der Waals surface area (Å²) in [6.07, 6.45) is 0.516. The highest BCUT2D eigenvalue weighted by Crippen LogP contribution is 2.23. The Morgan fingerprint density at radius 1 is 1.43 bits per heavy atom. The predicted octanol–water partition coefficient (Wildman–Crippen LogP) is 2.23. The Morgan fingerprint density at radius 2 is 2.19 bits per heavy atom. The fourth-order valence-corrected chi connectivity index (χ4v) is 2.29. The summed E-state index contributed by atoms with van der Waals surface area (Å²) < 4.78 is 18.5. The molecule has 21 heavy (non-hydrogen) atoms. The summed E-state index contributed by atoms with van der Waals surface area (Å²) in [7, 11) is 3.86. The molecule has 1 aromatic heterocycles. The lowest BCUT2D eigenvalue weighted by Gasteiger charge is -2.25. The Morgan fingerprint density at radius 3 is 2.81 bits per heavy atom. The standard InChI is InChI=1S/C15H25FN4O/c1-11(2)13-8-14(18-15(17-13)19(3)4)20-6-5-7-21-12(9-16)10-20/h8,11-12H,5-7,9-10H2,1-4H3. The van der Waals surface area contributed by atoms with E-state index in [-0.39, 0.29) is 6.10 Å². The van der Waals surface area contributed by atoms with Crippen LogP contribution in [0.2, 0.25) is 0 Å². The number of halogens is 1. The maximum Gasteiger partial charge on any atom is 0.227 e. The fourth-order valence-electron chi connectivity index (χ4n) is 2.29. The van der Waals surface area contributed by atoms with Crippen molar-refractivity contribution in [3.63, 3.8) is 0 Å². The largest absolute Gasteiger partial charge is 0.374 e. The first kappa shape index (κ1) is 15.9. The van der Waals surface area contributed by atoms with Crippen LogP contribution in [0.4, 0.5) is 16.2 Å². The summed E-state index contributed by atoms with van der Waals surface area (Å²) in [6.45, 7) is 5.74. The topological polar surface area (TPSA) is 41.5 Å². The zero-order valence-corrected chi connectivity index (χ0v) is 13.3. The first-order valence-electron chi connectivity index (χ1n) is 7.50.